The molecule has 0 saturated heterocycles. The second-order valence-corrected chi connectivity index (χ2v) is 6.27. The number of hydrogen-bond donors (Lipinski definition) is 1. The van der Waals surface area contributed by atoms with Gasteiger partial charge in [-0.3, -0.25) is 4.79 Å². The van der Waals surface area contributed by atoms with Crippen molar-refractivity contribution < 1.29 is 4.79 Å². The predicted octanol–water partition coefficient (Wildman–Crippen LogP) is 1.76. The van der Waals surface area contributed by atoms with Crippen LogP contribution in [-0.4, -0.2) is 51.2 Å². The van der Waals surface area contributed by atoms with Gasteiger partial charge in [-0.2, -0.15) is 16.4 Å². The van der Waals surface area contributed by atoms with Crippen molar-refractivity contribution >= 4 is 17.2 Å². The van der Waals surface area contributed by atoms with E-state index in [0.29, 0.717) is 17.9 Å². The van der Waals surface area contributed by atoms with Gasteiger partial charge in [0.15, 0.2) is 5.82 Å². The molecular weight excluding hydrogens is 324 g/mol. The molecule has 8 heteroatoms. The minimum atomic E-state index is -0.138. The molecule has 0 radical (unpaired) electrons. The molecule has 0 bridgehead atoms. The zero-order valence-corrected chi connectivity index (χ0v) is 14.3. The van der Waals surface area contributed by atoms with E-state index in [2.05, 4.69) is 36.7 Å². The topological polar surface area (TPSA) is 75.9 Å². The number of likely N-dealkylation sites (N-methyl/N-ethyl adjacent to an activating group) is 1. The summed E-state index contributed by atoms with van der Waals surface area (Å²) in [5.41, 5.74) is 1.74. The van der Waals surface area contributed by atoms with Gasteiger partial charge in [-0.1, -0.05) is 0 Å². The van der Waals surface area contributed by atoms with Crippen LogP contribution in [0.4, 0.5) is 0 Å². The smallest absolute Gasteiger partial charge is 0.251 e. The Kier molecular flexibility index (Phi) is 4.97. The van der Waals surface area contributed by atoms with Crippen molar-refractivity contribution in [2.75, 3.05) is 20.6 Å². The third-order valence-electron chi connectivity index (χ3n) is 3.67. The summed E-state index contributed by atoms with van der Waals surface area (Å²) in [6, 6.07) is 5.60. The van der Waals surface area contributed by atoms with Crippen LogP contribution < -0.4 is 5.32 Å². The molecule has 1 atom stereocenters. The number of rotatable bonds is 6. The highest BCUT2D eigenvalue weighted by Crippen LogP contribution is 2.20. The maximum Gasteiger partial charge on any atom is 0.251 e. The van der Waals surface area contributed by atoms with E-state index in [9.17, 15) is 4.79 Å². The summed E-state index contributed by atoms with van der Waals surface area (Å²) in [5, 5.41) is 11.2. The molecule has 7 nitrogen and oxygen atoms in total. The predicted molar refractivity (Wildman–Crippen MR) is 92.2 cm³/mol. The molecule has 124 valence electrons. The van der Waals surface area contributed by atoms with Crippen molar-refractivity contribution in [3.05, 3.63) is 58.9 Å². The maximum atomic E-state index is 12.5. The first-order valence-corrected chi connectivity index (χ1v) is 8.37. The lowest BCUT2D eigenvalue weighted by Crippen LogP contribution is -2.34. The summed E-state index contributed by atoms with van der Waals surface area (Å²) in [7, 11) is 4.01. The number of pyridine rings is 1. The summed E-state index contributed by atoms with van der Waals surface area (Å²) < 4.78 is 1.52. The summed E-state index contributed by atoms with van der Waals surface area (Å²) >= 11 is 1.65. The Morgan fingerprint density at radius 1 is 1.42 bits per heavy atom. The lowest BCUT2D eigenvalue weighted by Gasteiger charge is -2.24. The Labute approximate surface area is 144 Å². The monoisotopic (exact) mass is 342 g/mol. The second-order valence-electron chi connectivity index (χ2n) is 5.49. The highest BCUT2D eigenvalue weighted by atomic mass is 32.1. The molecule has 0 saturated carbocycles. The van der Waals surface area contributed by atoms with E-state index in [4.69, 9.17) is 0 Å². The van der Waals surface area contributed by atoms with Gasteiger partial charge in [0.2, 0.25) is 0 Å². The van der Waals surface area contributed by atoms with Gasteiger partial charge in [0.05, 0.1) is 6.04 Å². The molecule has 0 aromatic carbocycles. The van der Waals surface area contributed by atoms with E-state index in [1.807, 2.05) is 19.5 Å². The fraction of sp³-hybridized carbons (Fsp3) is 0.250. The van der Waals surface area contributed by atoms with Gasteiger partial charge in [-0.25, -0.2) is 14.6 Å². The fourth-order valence-corrected chi connectivity index (χ4v) is 3.07. The molecule has 0 fully saturated rings. The van der Waals surface area contributed by atoms with Gasteiger partial charge in [-0.05, 0) is 48.6 Å². The summed E-state index contributed by atoms with van der Waals surface area (Å²) in [4.78, 5) is 22.6. The molecule has 0 aliphatic carbocycles. The van der Waals surface area contributed by atoms with Gasteiger partial charge in [0.25, 0.3) is 5.91 Å². The molecule has 3 aromatic rings. The molecule has 24 heavy (non-hydrogen) atoms. The van der Waals surface area contributed by atoms with Crippen molar-refractivity contribution in [1.29, 1.82) is 0 Å². The number of amides is 1. The van der Waals surface area contributed by atoms with Crippen molar-refractivity contribution in [2.24, 2.45) is 0 Å². The van der Waals surface area contributed by atoms with E-state index in [1.54, 1.807) is 36.0 Å². The zero-order chi connectivity index (χ0) is 16.9. The Bertz CT molecular complexity index is 785. The Balaban J connectivity index is 1.70. The van der Waals surface area contributed by atoms with Gasteiger partial charge < -0.3 is 10.2 Å². The normalized spacial score (nSPS) is 12.3. The van der Waals surface area contributed by atoms with E-state index >= 15 is 0 Å². The maximum absolute atomic E-state index is 12.5. The largest absolute Gasteiger partial charge is 0.350 e. The molecule has 0 spiro atoms. The van der Waals surface area contributed by atoms with Crippen LogP contribution >= 0.6 is 11.3 Å². The summed E-state index contributed by atoms with van der Waals surface area (Å²) in [5.74, 6) is 0.419. The lowest BCUT2D eigenvalue weighted by atomic mass is 10.1. The standard InChI is InChI=1S/C16H18N6OS/c1-21(2)14(13-4-6-24-9-13)8-19-16(23)12-3-5-18-15(7-12)22-11-17-10-20-22/h3-7,9-11,14H,8H2,1-2H3,(H,19,23)/t14-/m0/s1. The molecular formula is C16H18N6OS. The number of aromatic nitrogens is 4. The molecule has 0 aliphatic rings. The van der Waals surface area contributed by atoms with Gasteiger partial charge in [0, 0.05) is 18.3 Å². The van der Waals surface area contributed by atoms with E-state index in [-0.39, 0.29) is 11.9 Å². The average Bonchev–Trinajstić information content (AvgIpc) is 3.28. The molecule has 3 heterocycles. The van der Waals surface area contributed by atoms with Crippen molar-refractivity contribution in [3.63, 3.8) is 0 Å². The lowest BCUT2D eigenvalue weighted by molar-refractivity contribution is 0.0942. The van der Waals surface area contributed by atoms with Crippen molar-refractivity contribution in [1.82, 2.24) is 30.0 Å². The minimum absolute atomic E-state index is 0.136. The molecule has 3 aromatic heterocycles. The number of hydrogen-bond acceptors (Lipinski definition) is 6. The molecule has 0 aliphatic heterocycles. The third-order valence-corrected chi connectivity index (χ3v) is 4.37. The minimum Gasteiger partial charge on any atom is -0.350 e. The Hall–Kier alpha value is -2.58. The van der Waals surface area contributed by atoms with E-state index in [0.717, 1.165) is 0 Å². The van der Waals surface area contributed by atoms with Crippen molar-refractivity contribution in [2.45, 2.75) is 6.04 Å². The van der Waals surface area contributed by atoms with Gasteiger partial charge >= 0.3 is 0 Å². The Morgan fingerprint density at radius 3 is 2.96 bits per heavy atom. The molecule has 1 N–H and O–H groups in total. The Morgan fingerprint density at radius 2 is 2.29 bits per heavy atom. The van der Waals surface area contributed by atoms with Crippen molar-refractivity contribution in [3.8, 4) is 5.82 Å². The van der Waals surface area contributed by atoms with Gasteiger partial charge in [0.1, 0.15) is 12.7 Å². The van der Waals surface area contributed by atoms with Crippen LogP contribution in [0, 0.1) is 0 Å². The SMILES string of the molecule is CN(C)[C@@H](CNC(=O)c1ccnc(-n2cncn2)c1)c1ccsc1. The highest BCUT2D eigenvalue weighted by Gasteiger charge is 2.16. The van der Waals surface area contributed by atoms with E-state index in [1.165, 1.54) is 16.6 Å². The van der Waals surface area contributed by atoms with Crippen LogP contribution in [0.15, 0.2) is 47.8 Å². The molecule has 3 rings (SSSR count). The number of carbonyl (C=O) groups excluding carboxylic acids is 1. The number of carbonyl (C=O) groups is 1. The quantitative estimate of drug-likeness (QED) is 0.739. The first-order chi connectivity index (χ1) is 11.6. The highest BCUT2D eigenvalue weighted by molar-refractivity contribution is 7.07. The number of nitrogens with one attached hydrogen (secondary N) is 1. The summed E-state index contributed by atoms with van der Waals surface area (Å²) in [6.07, 6.45) is 4.56. The van der Waals surface area contributed by atoms with Crippen LogP contribution in [0.25, 0.3) is 5.82 Å². The van der Waals surface area contributed by atoms with Crippen LogP contribution in [0.5, 0.6) is 0 Å². The van der Waals surface area contributed by atoms with Gasteiger partial charge in [-0.15, -0.1) is 0 Å². The molecule has 1 amide bonds. The second kappa shape index (κ2) is 7.33. The van der Waals surface area contributed by atoms with Crippen LogP contribution in [0.2, 0.25) is 0 Å². The first kappa shape index (κ1) is 16.3. The number of thiophene rings is 1. The summed E-state index contributed by atoms with van der Waals surface area (Å²) in [6.45, 7) is 0.531. The third kappa shape index (κ3) is 3.66. The first-order valence-electron chi connectivity index (χ1n) is 7.43. The zero-order valence-electron chi connectivity index (χ0n) is 13.5. The molecule has 0 unspecified atom stereocenters. The fourth-order valence-electron chi connectivity index (χ4n) is 2.37. The average molecular weight is 342 g/mol. The van der Waals surface area contributed by atoms with E-state index < -0.39 is 0 Å². The van der Waals surface area contributed by atoms with Crippen LogP contribution in [0.3, 0.4) is 0 Å². The van der Waals surface area contributed by atoms with Crippen LogP contribution in [-0.2, 0) is 0 Å². The number of nitrogens with zero attached hydrogens (tertiary/aromatic N) is 5. The van der Waals surface area contributed by atoms with Crippen LogP contribution in [0.1, 0.15) is 22.0 Å².